The first-order valence-corrected chi connectivity index (χ1v) is 6.83. The van der Waals surface area contributed by atoms with Gasteiger partial charge >= 0.3 is 0 Å². The predicted molar refractivity (Wildman–Crippen MR) is 80.0 cm³/mol. The van der Waals surface area contributed by atoms with E-state index in [9.17, 15) is 10.1 Å². The van der Waals surface area contributed by atoms with Crippen molar-refractivity contribution in [1.29, 1.82) is 0 Å². The van der Waals surface area contributed by atoms with Crippen molar-refractivity contribution >= 4 is 17.1 Å². The molecule has 1 aromatic rings. The van der Waals surface area contributed by atoms with E-state index in [2.05, 4.69) is 31.0 Å². The molecule has 1 atom stereocenters. The van der Waals surface area contributed by atoms with Gasteiger partial charge in [0.05, 0.1) is 4.92 Å². The average Bonchev–Trinajstić information content (AvgIpc) is 2.39. The summed E-state index contributed by atoms with van der Waals surface area (Å²) in [5.41, 5.74) is 1.84. The van der Waals surface area contributed by atoms with Crippen LogP contribution in [0, 0.1) is 10.1 Å². The molecule has 1 aromatic carbocycles. The van der Waals surface area contributed by atoms with Crippen LogP contribution in [0.4, 0.5) is 17.1 Å². The van der Waals surface area contributed by atoms with E-state index in [0.29, 0.717) is 6.04 Å². The molecule has 0 aliphatic carbocycles. The fourth-order valence-electron chi connectivity index (χ4n) is 2.14. The molecular formula is C14H23N3O2. The summed E-state index contributed by atoms with van der Waals surface area (Å²) in [6.07, 6.45) is 1.01. The van der Waals surface area contributed by atoms with Gasteiger partial charge in [0.1, 0.15) is 0 Å². The first-order chi connectivity index (χ1) is 9.03. The fourth-order valence-corrected chi connectivity index (χ4v) is 2.14. The highest BCUT2D eigenvalue weighted by Crippen LogP contribution is 2.28. The van der Waals surface area contributed by atoms with Crippen LogP contribution in [0.25, 0.3) is 0 Å². The highest BCUT2D eigenvalue weighted by atomic mass is 16.6. The van der Waals surface area contributed by atoms with E-state index in [1.165, 1.54) is 0 Å². The van der Waals surface area contributed by atoms with Gasteiger partial charge in [-0.2, -0.15) is 0 Å². The molecular weight excluding hydrogens is 242 g/mol. The Morgan fingerprint density at radius 3 is 2.47 bits per heavy atom. The molecule has 0 heterocycles. The van der Waals surface area contributed by atoms with Gasteiger partial charge in [-0.05, 0) is 33.3 Å². The number of nitro groups is 1. The maximum absolute atomic E-state index is 11.0. The van der Waals surface area contributed by atoms with E-state index in [4.69, 9.17) is 0 Å². The summed E-state index contributed by atoms with van der Waals surface area (Å²) in [5, 5.41) is 14.2. The van der Waals surface area contributed by atoms with E-state index in [1.807, 2.05) is 13.0 Å². The van der Waals surface area contributed by atoms with Gasteiger partial charge in [0.15, 0.2) is 0 Å². The first kappa shape index (κ1) is 15.3. The van der Waals surface area contributed by atoms with Crippen LogP contribution < -0.4 is 10.2 Å². The van der Waals surface area contributed by atoms with Gasteiger partial charge in [-0.1, -0.05) is 6.92 Å². The van der Waals surface area contributed by atoms with Gasteiger partial charge < -0.3 is 10.2 Å². The van der Waals surface area contributed by atoms with Crippen LogP contribution in [-0.4, -0.2) is 24.1 Å². The number of nitrogens with one attached hydrogen (secondary N) is 1. The van der Waals surface area contributed by atoms with Gasteiger partial charge in [0.2, 0.25) is 0 Å². The number of hydrogen-bond acceptors (Lipinski definition) is 4. The summed E-state index contributed by atoms with van der Waals surface area (Å²) in [5.74, 6) is 0. The lowest BCUT2D eigenvalue weighted by molar-refractivity contribution is -0.384. The Hall–Kier alpha value is -1.78. The van der Waals surface area contributed by atoms with E-state index >= 15 is 0 Å². The van der Waals surface area contributed by atoms with Crippen LogP contribution in [0.5, 0.6) is 0 Å². The van der Waals surface area contributed by atoms with E-state index in [0.717, 1.165) is 30.9 Å². The smallest absolute Gasteiger partial charge is 0.273 e. The third-order valence-electron chi connectivity index (χ3n) is 3.29. The summed E-state index contributed by atoms with van der Waals surface area (Å²) in [6, 6.07) is 5.57. The SMILES string of the molecule is CCNc1cc(N(CC)C(C)CC)cc([N+](=O)[O-])c1. The quantitative estimate of drug-likeness (QED) is 0.604. The minimum Gasteiger partial charge on any atom is -0.385 e. The normalized spacial score (nSPS) is 12.0. The molecule has 106 valence electrons. The second-order valence-electron chi connectivity index (χ2n) is 4.57. The van der Waals surface area contributed by atoms with Crippen LogP contribution in [0.3, 0.4) is 0 Å². The maximum Gasteiger partial charge on any atom is 0.273 e. The number of non-ortho nitro benzene ring substituents is 1. The van der Waals surface area contributed by atoms with Gasteiger partial charge in [-0.15, -0.1) is 0 Å². The zero-order valence-electron chi connectivity index (χ0n) is 12.1. The van der Waals surface area contributed by atoms with Crippen LogP contribution in [-0.2, 0) is 0 Å². The van der Waals surface area contributed by atoms with Crippen LogP contribution in [0.15, 0.2) is 18.2 Å². The average molecular weight is 265 g/mol. The fraction of sp³-hybridized carbons (Fsp3) is 0.571. The summed E-state index contributed by atoms with van der Waals surface area (Å²) in [6.45, 7) is 9.88. The van der Waals surface area contributed by atoms with Gasteiger partial charge in [-0.3, -0.25) is 10.1 Å². The molecule has 0 aliphatic heterocycles. The topological polar surface area (TPSA) is 58.4 Å². The van der Waals surface area contributed by atoms with Crippen molar-refractivity contribution in [1.82, 2.24) is 0 Å². The maximum atomic E-state index is 11.0. The molecule has 0 aliphatic rings. The van der Waals surface area contributed by atoms with Crippen molar-refractivity contribution in [2.45, 2.75) is 40.2 Å². The molecule has 5 heteroatoms. The minimum absolute atomic E-state index is 0.134. The molecule has 19 heavy (non-hydrogen) atoms. The van der Waals surface area contributed by atoms with Gasteiger partial charge in [0.25, 0.3) is 5.69 Å². The zero-order valence-corrected chi connectivity index (χ0v) is 12.1. The lowest BCUT2D eigenvalue weighted by atomic mass is 10.1. The van der Waals surface area contributed by atoms with Crippen molar-refractivity contribution in [3.05, 3.63) is 28.3 Å². The highest BCUT2D eigenvalue weighted by Gasteiger charge is 2.16. The Morgan fingerprint density at radius 2 is 2.00 bits per heavy atom. The standard InChI is InChI=1S/C14H23N3O2/c1-5-11(4)16(7-3)13-8-12(15-6-2)9-14(10-13)17(18)19/h8-11,15H,5-7H2,1-4H3. The molecule has 1 rings (SSSR count). The summed E-state index contributed by atoms with van der Waals surface area (Å²) in [7, 11) is 0. The Labute approximate surface area is 114 Å². The number of benzene rings is 1. The monoisotopic (exact) mass is 265 g/mol. The molecule has 0 bridgehead atoms. The van der Waals surface area contributed by atoms with Crippen LogP contribution in [0.2, 0.25) is 0 Å². The predicted octanol–water partition coefficient (Wildman–Crippen LogP) is 3.65. The van der Waals surface area contributed by atoms with Crippen molar-refractivity contribution in [3.8, 4) is 0 Å². The lowest BCUT2D eigenvalue weighted by Gasteiger charge is -2.29. The summed E-state index contributed by atoms with van der Waals surface area (Å²) >= 11 is 0. The second kappa shape index (κ2) is 6.97. The number of hydrogen-bond donors (Lipinski definition) is 1. The van der Waals surface area contributed by atoms with Crippen molar-refractivity contribution in [2.75, 3.05) is 23.3 Å². The minimum atomic E-state index is -0.338. The molecule has 1 N–H and O–H groups in total. The third-order valence-corrected chi connectivity index (χ3v) is 3.29. The van der Waals surface area contributed by atoms with Crippen LogP contribution >= 0.6 is 0 Å². The van der Waals surface area contributed by atoms with E-state index in [-0.39, 0.29) is 10.6 Å². The Balaban J connectivity index is 3.20. The van der Waals surface area contributed by atoms with Crippen molar-refractivity contribution in [3.63, 3.8) is 0 Å². The number of nitrogens with zero attached hydrogens (tertiary/aromatic N) is 2. The van der Waals surface area contributed by atoms with Crippen molar-refractivity contribution < 1.29 is 4.92 Å². The Bertz CT molecular complexity index is 435. The molecule has 0 radical (unpaired) electrons. The van der Waals surface area contributed by atoms with E-state index in [1.54, 1.807) is 12.1 Å². The Kier molecular flexibility index (Phi) is 5.60. The van der Waals surface area contributed by atoms with Crippen molar-refractivity contribution in [2.24, 2.45) is 0 Å². The molecule has 0 saturated carbocycles. The van der Waals surface area contributed by atoms with Crippen LogP contribution in [0.1, 0.15) is 34.1 Å². The molecule has 0 fully saturated rings. The lowest BCUT2D eigenvalue weighted by Crippen LogP contribution is -2.32. The molecule has 0 saturated heterocycles. The summed E-state index contributed by atoms with van der Waals surface area (Å²) < 4.78 is 0. The first-order valence-electron chi connectivity index (χ1n) is 6.83. The molecule has 1 unspecified atom stereocenters. The highest BCUT2D eigenvalue weighted by molar-refractivity contribution is 5.64. The third kappa shape index (κ3) is 3.84. The van der Waals surface area contributed by atoms with E-state index < -0.39 is 0 Å². The molecule has 0 spiro atoms. The largest absolute Gasteiger partial charge is 0.385 e. The van der Waals surface area contributed by atoms with Gasteiger partial charge in [-0.25, -0.2) is 0 Å². The Morgan fingerprint density at radius 1 is 1.32 bits per heavy atom. The number of rotatable bonds is 7. The molecule has 0 amide bonds. The number of anilines is 2. The summed E-state index contributed by atoms with van der Waals surface area (Å²) in [4.78, 5) is 12.9. The number of nitro benzene ring substituents is 1. The molecule has 5 nitrogen and oxygen atoms in total. The zero-order chi connectivity index (χ0) is 14.4. The van der Waals surface area contributed by atoms with Gasteiger partial charge in [0, 0.05) is 42.6 Å². The second-order valence-corrected chi connectivity index (χ2v) is 4.57. The molecule has 0 aromatic heterocycles.